The van der Waals surface area contributed by atoms with Crippen LogP contribution >= 0.6 is 11.3 Å². The molecule has 0 amide bonds. The molecule has 0 spiro atoms. The molecule has 0 bridgehead atoms. The predicted octanol–water partition coefficient (Wildman–Crippen LogP) is 1.06. The first kappa shape index (κ1) is 10.5. The van der Waals surface area contributed by atoms with E-state index in [9.17, 15) is 4.79 Å². The molecule has 0 saturated heterocycles. The molecule has 1 rings (SSSR count). The van der Waals surface area contributed by atoms with E-state index in [1.807, 2.05) is 5.38 Å². The van der Waals surface area contributed by atoms with Gasteiger partial charge in [0.2, 0.25) is 0 Å². The van der Waals surface area contributed by atoms with Crippen LogP contribution in [0.15, 0.2) is 11.6 Å². The van der Waals surface area contributed by atoms with Gasteiger partial charge in [0.25, 0.3) is 0 Å². The third-order valence-corrected chi connectivity index (χ3v) is 2.40. The second kappa shape index (κ2) is 5.25. The molecule has 0 fully saturated rings. The van der Waals surface area contributed by atoms with Crippen molar-refractivity contribution in [1.29, 1.82) is 0 Å². The Labute approximate surface area is 86.2 Å². The highest BCUT2D eigenvalue weighted by atomic mass is 32.1. The average molecular weight is 210 g/mol. The van der Waals surface area contributed by atoms with Crippen LogP contribution in [-0.4, -0.2) is 29.1 Å². The number of terminal acetylenes is 1. The van der Waals surface area contributed by atoms with Crippen LogP contribution in [0.1, 0.15) is 6.42 Å². The fourth-order valence-corrected chi connectivity index (χ4v) is 1.63. The Balaban J connectivity index is 2.57. The van der Waals surface area contributed by atoms with Crippen molar-refractivity contribution in [2.75, 3.05) is 18.0 Å². The van der Waals surface area contributed by atoms with Gasteiger partial charge >= 0.3 is 5.97 Å². The summed E-state index contributed by atoms with van der Waals surface area (Å²) in [6, 6.07) is 0. The van der Waals surface area contributed by atoms with E-state index in [-0.39, 0.29) is 6.42 Å². The summed E-state index contributed by atoms with van der Waals surface area (Å²) in [6.45, 7) is 0.786. The smallest absolute Gasteiger partial charge is 0.305 e. The lowest BCUT2D eigenvalue weighted by atomic mass is 10.4. The van der Waals surface area contributed by atoms with Crippen molar-refractivity contribution in [3.63, 3.8) is 0 Å². The van der Waals surface area contributed by atoms with Gasteiger partial charge in [0.15, 0.2) is 5.13 Å². The van der Waals surface area contributed by atoms with Crippen LogP contribution in [0.25, 0.3) is 0 Å². The van der Waals surface area contributed by atoms with Crippen LogP contribution in [0, 0.1) is 12.3 Å². The molecule has 0 radical (unpaired) electrons. The first-order chi connectivity index (χ1) is 6.74. The summed E-state index contributed by atoms with van der Waals surface area (Å²) < 4.78 is 0. The number of carboxylic acid groups (broad SMARTS) is 1. The normalized spacial score (nSPS) is 9.36. The Morgan fingerprint density at radius 2 is 2.57 bits per heavy atom. The van der Waals surface area contributed by atoms with Gasteiger partial charge in [0, 0.05) is 18.1 Å². The number of hydrogen-bond donors (Lipinski definition) is 1. The number of aromatic nitrogens is 1. The third kappa shape index (κ3) is 3.07. The average Bonchev–Trinajstić information content (AvgIpc) is 2.64. The van der Waals surface area contributed by atoms with Crippen LogP contribution in [-0.2, 0) is 4.79 Å². The SMILES string of the molecule is C#CCN(CCC(=O)O)c1nccs1. The highest BCUT2D eigenvalue weighted by Gasteiger charge is 2.09. The van der Waals surface area contributed by atoms with E-state index in [1.54, 1.807) is 11.1 Å². The second-order valence-electron chi connectivity index (χ2n) is 2.58. The molecular weight excluding hydrogens is 200 g/mol. The van der Waals surface area contributed by atoms with Crippen molar-refractivity contribution in [3.05, 3.63) is 11.6 Å². The lowest BCUT2D eigenvalue weighted by molar-refractivity contribution is -0.136. The lowest BCUT2D eigenvalue weighted by Gasteiger charge is -2.17. The Hall–Kier alpha value is -1.54. The van der Waals surface area contributed by atoms with E-state index < -0.39 is 5.97 Å². The summed E-state index contributed by atoms with van der Waals surface area (Å²) in [5, 5.41) is 11.1. The first-order valence-corrected chi connectivity index (χ1v) is 4.91. The second-order valence-corrected chi connectivity index (χ2v) is 3.46. The minimum absolute atomic E-state index is 0.0707. The Bertz CT molecular complexity index is 329. The molecule has 1 heterocycles. The number of rotatable bonds is 5. The zero-order chi connectivity index (χ0) is 10.4. The standard InChI is InChI=1S/C9H10N2O2S/c1-2-5-11(6-3-8(12)13)9-10-4-7-14-9/h1,4,7H,3,5-6H2,(H,12,13). The molecule has 0 saturated carbocycles. The molecule has 0 atom stereocenters. The lowest BCUT2D eigenvalue weighted by Crippen LogP contribution is -2.26. The summed E-state index contributed by atoms with van der Waals surface area (Å²) in [4.78, 5) is 16.2. The summed E-state index contributed by atoms with van der Waals surface area (Å²) in [6.07, 6.45) is 6.92. The van der Waals surface area contributed by atoms with E-state index in [0.717, 1.165) is 5.13 Å². The molecule has 1 N–H and O–H groups in total. The first-order valence-electron chi connectivity index (χ1n) is 4.03. The topological polar surface area (TPSA) is 53.4 Å². The minimum atomic E-state index is -0.830. The summed E-state index contributed by atoms with van der Waals surface area (Å²) in [5.74, 6) is 1.65. The van der Waals surface area contributed by atoms with Crippen LogP contribution in [0.3, 0.4) is 0 Å². The molecule has 0 aliphatic carbocycles. The van der Waals surface area contributed by atoms with E-state index in [4.69, 9.17) is 11.5 Å². The van der Waals surface area contributed by atoms with Crippen molar-refractivity contribution >= 4 is 22.4 Å². The highest BCUT2D eigenvalue weighted by Crippen LogP contribution is 2.16. The molecule has 0 aliphatic heterocycles. The van der Waals surface area contributed by atoms with Gasteiger partial charge in [0.05, 0.1) is 13.0 Å². The molecule has 5 heteroatoms. The van der Waals surface area contributed by atoms with Gasteiger partial charge in [-0.25, -0.2) is 4.98 Å². The van der Waals surface area contributed by atoms with Crippen LogP contribution < -0.4 is 4.90 Å². The van der Waals surface area contributed by atoms with Crippen LogP contribution in [0.5, 0.6) is 0 Å². The number of anilines is 1. The molecule has 4 nitrogen and oxygen atoms in total. The van der Waals surface area contributed by atoms with Crippen molar-refractivity contribution in [2.45, 2.75) is 6.42 Å². The summed E-state index contributed by atoms with van der Waals surface area (Å²) >= 11 is 1.45. The Morgan fingerprint density at radius 1 is 1.79 bits per heavy atom. The summed E-state index contributed by atoms with van der Waals surface area (Å²) in [7, 11) is 0. The van der Waals surface area contributed by atoms with Gasteiger partial charge in [-0.2, -0.15) is 0 Å². The van der Waals surface area contributed by atoms with Crippen molar-refractivity contribution in [3.8, 4) is 12.3 Å². The Kier molecular flexibility index (Phi) is 3.95. The number of hydrogen-bond acceptors (Lipinski definition) is 4. The van der Waals surface area contributed by atoms with Crippen LogP contribution in [0.4, 0.5) is 5.13 Å². The molecule has 74 valence electrons. The maximum atomic E-state index is 10.4. The highest BCUT2D eigenvalue weighted by molar-refractivity contribution is 7.13. The number of carbonyl (C=O) groups is 1. The molecule has 0 aromatic carbocycles. The van der Waals surface area contributed by atoms with Crippen molar-refractivity contribution in [2.24, 2.45) is 0 Å². The summed E-state index contributed by atoms with van der Waals surface area (Å²) in [5.41, 5.74) is 0. The Morgan fingerprint density at radius 3 is 3.07 bits per heavy atom. The van der Waals surface area contributed by atoms with Gasteiger partial charge < -0.3 is 10.0 Å². The zero-order valence-corrected chi connectivity index (χ0v) is 8.33. The van der Waals surface area contributed by atoms with Crippen molar-refractivity contribution < 1.29 is 9.90 Å². The van der Waals surface area contributed by atoms with E-state index >= 15 is 0 Å². The van der Waals surface area contributed by atoms with Gasteiger partial charge in [-0.1, -0.05) is 5.92 Å². The molecule has 1 aromatic heterocycles. The molecule has 1 aromatic rings. The molecule has 0 aliphatic rings. The quantitative estimate of drug-likeness (QED) is 0.738. The minimum Gasteiger partial charge on any atom is -0.481 e. The van der Waals surface area contributed by atoms with Crippen molar-refractivity contribution in [1.82, 2.24) is 4.98 Å². The molecular formula is C9H10N2O2S. The van der Waals surface area contributed by atoms with Crippen LogP contribution in [0.2, 0.25) is 0 Å². The number of carboxylic acids is 1. The molecule has 0 unspecified atom stereocenters. The monoisotopic (exact) mass is 210 g/mol. The molecule has 14 heavy (non-hydrogen) atoms. The largest absolute Gasteiger partial charge is 0.481 e. The maximum Gasteiger partial charge on any atom is 0.305 e. The zero-order valence-electron chi connectivity index (χ0n) is 7.51. The van der Waals surface area contributed by atoms with Gasteiger partial charge in [-0.15, -0.1) is 17.8 Å². The third-order valence-electron chi connectivity index (χ3n) is 1.57. The van der Waals surface area contributed by atoms with E-state index in [1.165, 1.54) is 11.3 Å². The number of thiazole rings is 1. The van der Waals surface area contributed by atoms with Gasteiger partial charge in [0.1, 0.15) is 0 Å². The number of nitrogens with zero attached hydrogens (tertiary/aromatic N) is 2. The number of aliphatic carboxylic acids is 1. The van der Waals surface area contributed by atoms with Gasteiger partial charge in [-0.05, 0) is 0 Å². The predicted molar refractivity (Wildman–Crippen MR) is 55.4 cm³/mol. The van der Waals surface area contributed by atoms with E-state index in [2.05, 4.69) is 10.9 Å². The fraction of sp³-hybridized carbons (Fsp3) is 0.333. The maximum absolute atomic E-state index is 10.4. The fourth-order valence-electron chi connectivity index (χ4n) is 0.955. The van der Waals surface area contributed by atoms with Gasteiger partial charge in [-0.3, -0.25) is 4.79 Å². The van der Waals surface area contributed by atoms with E-state index in [0.29, 0.717) is 13.1 Å².